The fourth-order valence-corrected chi connectivity index (χ4v) is 3.21. The van der Waals surface area contributed by atoms with E-state index in [9.17, 15) is 0 Å². The van der Waals surface area contributed by atoms with Crippen LogP contribution in [0.2, 0.25) is 0 Å². The molecule has 1 aromatic rings. The number of rotatable bonds is 6. The molecule has 138 valence electrons. The van der Waals surface area contributed by atoms with Gasteiger partial charge in [-0.2, -0.15) is 0 Å². The molecule has 0 heterocycles. The van der Waals surface area contributed by atoms with Crippen molar-refractivity contribution in [2.75, 3.05) is 114 Å². The topological polar surface area (TPSA) is 19.4 Å². The zero-order chi connectivity index (χ0) is 18.9. The van der Waals surface area contributed by atoms with Crippen LogP contribution in [0.4, 0.5) is 34.1 Å². The van der Waals surface area contributed by atoms with Crippen LogP contribution in [0.25, 0.3) is 0 Å². The maximum absolute atomic E-state index is 2.21. The van der Waals surface area contributed by atoms with Gasteiger partial charge in [0, 0.05) is 84.6 Å². The molecule has 1 rings (SSSR count). The summed E-state index contributed by atoms with van der Waals surface area (Å²) in [5.74, 6) is 0. The summed E-state index contributed by atoms with van der Waals surface area (Å²) in [6.45, 7) is 0. The van der Waals surface area contributed by atoms with Crippen molar-refractivity contribution in [3.05, 3.63) is 0 Å². The second-order valence-corrected chi connectivity index (χ2v) is 7.46. The zero-order valence-corrected chi connectivity index (χ0v) is 17.7. The van der Waals surface area contributed by atoms with Gasteiger partial charge in [0.1, 0.15) is 0 Å². The fraction of sp³-hybridized carbons (Fsp3) is 0.667. The number of nitrogens with zero attached hydrogens (tertiary/aromatic N) is 6. The van der Waals surface area contributed by atoms with E-state index < -0.39 is 0 Å². The van der Waals surface area contributed by atoms with Gasteiger partial charge in [-0.3, -0.25) is 0 Å². The Morgan fingerprint density at radius 3 is 0.375 bits per heavy atom. The molecule has 0 aliphatic rings. The van der Waals surface area contributed by atoms with E-state index in [1.165, 1.54) is 34.1 Å². The molecule has 0 aliphatic carbocycles. The third kappa shape index (κ3) is 3.42. The largest absolute Gasteiger partial charge is 0.374 e. The molecule has 0 N–H and O–H groups in total. The first-order valence-corrected chi connectivity index (χ1v) is 8.21. The van der Waals surface area contributed by atoms with E-state index in [0.29, 0.717) is 0 Å². The van der Waals surface area contributed by atoms with E-state index in [1.54, 1.807) is 0 Å². The minimum atomic E-state index is 1.23. The highest BCUT2D eigenvalue weighted by Crippen LogP contribution is 2.55. The van der Waals surface area contributed by atoms with Crippen LogP contribution in [-0.2, 0) is 0 Å². The lowest BCUT2D eigenvalue weighted by Crippen LogP contribution is -2.29. The number of hydrogen-bond donors (Lipinski definition) is 0. The van der Waals surface area contributed by atoms with Gasteiger partial charge in [0.25, 0.3) is 0 Å². The van der Waals surface area contributed by atoms with Gasteiger partial charge < -0.3 is 29.4 Å². The molecule has 0 atom stereocenters. The van der Waals surface area contributed by atoms with Crippen molar-refractivity contribution >= 4 is 34.1 Å². The first kappa shape index (κ1) is 20.1. The van der Waals surface area contributed by atoms with Gasteiger partial charge in [-0.1, -0.05) is 0 Å². The molecule has 0 fully saturated rings. The van der Waals surface area contributed by atoms with Crippen LogP contribution >= 0.6 is 0 Å². The van der Waals surface area contributed by atoms with Crippen LogP contribution in [0.15, 0.2) is 0 Å². The van der Waals surface area contributed by atoms with E-state index in [0.717, 1.165) is 0 Å². The molecule has 24 heavy (non-hydrogen) atoms. The molecule has 0 saturated heterocycles. The maximum atomic E-state index is 2.21. The number of benzene rings is 1. The smallest absolute Gasteiger partial charge is 0.0881 e. The van der Waals surface area contributed by atoms with Crippen molar-refractivity contribution < 1.29 is 0 Å². The Morgan fingerprint density at radius 2 is 0.333 bits per heavy atom. The highest BCUT2D eigenvalue weighted by molar-refractivity contribution is 6.09. The Labute approximate surface area is 148 Å². The van der Waals surface area contributed by atoms with Crippen molar-refractivity contribution in [1.82, 2.24) is 0 Å². The summed E-state index contributed by atoms with van der Waals surface area (Å²) < 4.78 is 0. The monoisotopic (exact) mass is 336 g/mol. The lowest BCUT2D eigenvalue weighted by atomic mass is 10.0. The van der Waals surface area contributed by atoms with Crippen LogP contribution in [-0.4, -0.2) is 84.6 Å². The van der Waals surface area contributed by atoms with E-state index in [2.05, 4.69) is 114 Å². The van der Waals surface area contributed by atoms with Gasteiger partial charge in [0.15, 0.2) is 0 Å². The molecule has 1 aromatic carbocycles. The van der Waals surface area contributed by atoms with Crippen LogP contribution in [0, 0.1) is 0 Å². The first-order valence-electron chi connectivity index (χ1n) is 8.21. The van der Waals surface area contributed by atoms with E-state index in [4.69, 9.17) is 0 Å². The van der Waals surface area contributed by atoms with Crippen molar-refractivity contribution in [3.63, 3.8) is 0 Å². The quantitative estimate of drug-likeness (QED) is 0.787. The summed E-state index contributed by atoms with van der Waals surface area (Å²) in [6.07, 6.45) is 0. The third-order valence-corrected chi connectivity index (χ3v) is 4.03. The molecule has 0 radical (unpaired) electrons. The predicted molar refractivity (Wildman–Crippen MR) is 112 cm³/mol. The van der Waals surface area contributed by atoms with Gasteiger partial charge >= 0.3 is 0 Å². The van der Waals surface area contributed by atoms with Gasteiger partial charge in [-0.15, -0.1) is 0 Å². The average molecular weight is 337 g/mol. The molecule has 0 spiro atoms. The molecule has 0 amide bonds. The summed E-state index contributed by atoms with van der Waals surface area (Å²) in [6, 6.07) is 0. The second-order valence-electron chi connectivity index (χ2n) is 7.46. The third-order valence-electron chi connectivity index (χ3n) is 4.03. The minimum Gasteiger partial charge on any atom is -0.374 e. The van der Waals surface area contributed by atoms with Gasteiger partial charge in [-0.25, -0.2) is 0 Å². The Balaban J connectivity index is 4.24. The zero-order valence-electron chi connectivity index (χ0n) is 17.7. The van der Waals surface area contributed by atoms with Crippen molar-refractivity contribution in [3.8, 4) is 0 Å². The highest BCUT2D eigenvalue weighted by Gasteiger charge is 2.30. The lowest BCUT2D eigenvalue weighted by molar-refractivity contribution is 0.992. The van der Waals surface area contributed by atoms with Crippen LogP contribution in [0.3, 0.4) is 0 Å². The van der Waals surface area contributed by atoms with Crippen LogP contribution < -0.4 is 29.4 Å². The van der Waals surface area contributed by atoms with Crippen LogP contribution in [0.5, 0.6) is 0 Å². The predicted octanol–water partition coefficient (Wildman–Crippen LogP) is 2.08. The van der Waals surface area contributed by atoms with Crippen molar-refractivity contribution in [2.24, 2.45) is 0 Å². The molecule has 0 aromatic heterocycles. The van der Waals surface area contributed by atoms with E-state index in [1.807, 2.05) is 0 Å². The first-order chi connectivity index (χ1) is 10.9. The molecular weight excluding hydrogens is 300 g/mol. The molecule has 0 saturated carbocycles. The molecule has 0 unspecified atom stereocenters. The SMILES string of the molecule is CN(C)c1c(N(C)C)c(N(C)C)c(N(C)C)c(N(C)C)c1N(C)C. The molecule has 6 heteroatoms. The number of hydrogen-bond acceptors (Lipinski definition) is 6. The van der Waals surface area contributed by atoms with Gasteiger partial charge in [0.05, 0.1) is 34.1 Å². The van der Waals surface area contributed by atoms with E-state index >= 15 is 0 Å². The highest BCUT2D eigenvalue weighted by atomic mass is 15.3. The van der Waals surface area contributed by atoms with Crippen LogP contribution in [0.1, 0.15) is 0 Å². The van der Waals surface area contributed by atoms with Crippen molar-refractivity contribution in [2.45, 2.75) is 0 Å². The second kappa shape index (κ2) is 7.28. The standard InChI is InChI=1S/C18H36N6/c1-19(2)13-14(20(3)4)16(22(7)8)18(24(11)12)17(23(9)10)15(13)21(5)6/h1-12H3. The Bertz CT molecular complexity index is 422. The van der Waals surface area contributed by atoms with Crippen molar-refractivity contribution in [1.29, 1.82) is 0 Å². The maximum Gasteiger partial charge on any atom is 0.0881 e. The van der Waals surface area contributed by atoms with Gasteiger partial charge in [-0.05, 0) is 0 Å². The summed E-state index contributed by atoms with van der Waals surface area (Å²) >= 11 is 0. The molecule has 0 aliphatic heterocycles. The Kier molecular flexibility index (Phi) is 6.09. The molecule has 6 nitrogen and oxygen atoms in total. The molecule has 0 bridgehead atoms. The lowest BCUT2D eigenvalue weighted by Gasteiger charge is -2.39. The summed E-state index contributed by atoms with van der Waals surface area (Å²) in [5.41, 5.74) is 7.35. The fourth-order valence-electron chi connectivity index (χ4n) is 3.21. The Hall–Kier alpha value is -1.98. The summed E-state index contributed by atoms with van der Waals surface area (Å²) in [4.78, 5) is 13.3. The number of anilines is 6. The summed E-state index contributed by atoms with van der Waals surface area (Å²) in [7, 11) is 25.4. The minimum absolute atomic E-state index is 1.23. The molecular formula is C18H36N6. The average Bonchev–Trinajstić information content (AvgIpc) is 2.42. The van der Waals surface area contributed by atoms with Gasteiger partial charge in [0.2, 0.25) is 0 Å². The summed E-state index contributed by atoms with van der Waals surface area (Å²) in [5, 5.41) is 0. The Morgan fingerprint density at radius 1 is 0.250 bits per heavy atom. The van der Waals surface area contributed by atoms with E-state index in [-0.39, 0.29) is 0 Å². The normalized spacial score (nSPS) is 10.5.